The van der Waals surface area contributed by atoms with Gasteiger partial charge in [-0.25, -0.2) is 0 Å². The number of hydrogen-bond donors (Lipinski definition) is 1. The molecule has 1 aliphatic carbocycles. The number of nitrogens with two attached hydrogens (primary N) is 1. The molecule has 1 amide bonds. The van der Waals surface area contributed by atoms with E-state index in [2.05, 4.69) is 16.7 Å². The lowest BCUT2D eigenvalue weighted by atomic mass is 10.0. The maximum Gasteiger partial charge on any atom is 0.229 e. The molecule has 0 bridgehead atoms. The molecule has 2 aliphatic heterocycles. The Kier molecular flexibility index (Phi) is 3.16. The average molecular weight is 249 g/mol. The quantitative estimate of drug-likeness (QED) is 0.692. The van der Waals surface area contributed by atoms with Gasteiger partial charge in [-0.1, -0.05) is 12.2 Å². The van der Waals surface area contributed by atoms with Gasteiger partial charge in [0.25, 0.3) is 0 Å². The Bertz CT molecular complexity index is 368. The van der Waals surface area contributed by atoms with Crippen molar-refractivity contribution in [2.24, 2.45) is 11.7 Å². The zero-order chi connectivity index (χ0) is 12.7. The van der Waals surface area contributed by atoms with Gasteiger partial charge in [-0.05, 0) is 32.7 Å². The van der Waals surface area contributed by atoms with Gasteiger partial charge in [0.05, 0.1) is 5.92 Å². The summed E-state index contributed by atoms with van der Waals surface area (Å²) in [4.78, 5) is 17.2. The highest BCUT2D eigenvalue weighted by Crippen LogP contribution is 2.27. The summed E-state index contributed by atoms with van der Waals surface area (Å²) >= 11 is 0. The van der Waals surface area contributed by atoms with E-state index in [4.69, 9.17) is 5.73 Å². The maximum atomic E-state index is 12.5. The zero-order valence-electron chi connectivity index (χ0n) is 11.1. The third kappa shape index (κ3) is 2.08. The summed E-state index contributed by atoms with van der Waals surface area (Å²) in [6, 6.07) is 1.02. The standard InChI is InChI=1S/C14H23N3O/c1-10-8-16-6-2-3-13(16)9-17(10)14(18)11-4-5-12(15)7-11/h4-5,10-13H,2-3,6-9,15H2,1H3. The van der Waals surface area contributed by atoms with Crippen LogP contribution in [-0.2, 0) is 4.79 Å². The van der Waals surface area contributed by atoms with Crippen LogP contribution < -0.4 is 5.73 Å². The summed E-state index contributed by atoms with van der Waals surface area (Å²) in [6.07, 6.45) is 7.29. The highest BCUT2D eigenvalue weighted by Gasteiger charge is 2.38. The molecule has 0 spiro atoms. The third-order valence-corrected chi connectivity index (χ3v) is 4.65. The molecule has 0 radical (unpaired) electrons. The molecule has 0 aromatic carbocycles. The molecule has 0 saturated carbocycles. The number of carbonyl (C=O) groups is 1. The number of nitrogens with zero attached hydrogens (tertiary/aromatic N) is 2. The Labute approximate surface area is 109 Å². The summed E-state index contributed by atoms with van der Waals surface area (Å²) in [5, 5.41) is 0. The molecule has 3 rings (SSSR count). The second-order valence-corrected chi connectivity index (χ2v) is 6.02. The minimum atomic E-state index is 0.0235. The Morgan fingerprint density at radius 3 is 2.89 bits per heavy atom. The molecule has 3 aliphatic rings. The van der Waals surface area contributed by atoms with E-state index in [1.165, 1.54) is 19.4 Å². The van der Waals surface area contributed by atoms with Crippen molar-refractivity contribution in [2.45, 2.75) is 44.3 Å². The molecule has 2 saturated heterocycles. The van der Waals surface area contributed by atoms with Crippen molar-refractivity contribution < 1.29 is 4.79 Å². The lowest BCUT2D eigenvalue weighted by Gasteiger charge is -2.43. The largest absolute Gasteiger partial charge is 0.337 e. The van der Waals surface area contributed by atoms with Crippen LogP contribution >= 0.6 is 0 Å². The molecule has 2 N–H and O–H groups in total. The van der Waals surface area contributed by atoms with E-state index in [0.717, 1.165) is 19.5 Å². The predicted molar refractivity (Wildman–Crippen MR) is 71.0 cm³/mol. The topological polar surface area (TPSA) is 49.6 Å². The van der Waals surface area contributed by atoms with E-state index in [-0.39, 0.29) is 12.0 Å². The molecule has 2 fully saturated rings. The van der Waals surface area contributed by atoms with Crippen molar-refractivity contribution in [3.8, 4) is 0 Å². The zero-order valence-corrected chi connectivity index (χ0v) is 11.1. The number of amides is 1. The molecule has 4 nitrogen and oxygen atoms in total. The fourth-order valence-corrected chi connectivity index (χ4v) is 3.62. The molecule has 4 heteroatoms. The van der Waals surface area contributed by atoms with E-state index in [9.17, 15) is 4.79 Å². The molecule has 4 atom stereocenters. The van der Waals surface area contributed by atoms with Gasteiger partial charge in [0.1, 0.15) is 0 Å². The first-order valence-electron chi connectivity index (χ1n) is 7.13. The van der Waals surface area contributed by atoms with Crippen LogP contribution in [-0.4, -0.2) is 53.5 Å². The molecule has 4 unspecified atom stereocenters. The van der Waals surface area contributed by atoms with Crippen molar-refractivity contribution in [1.29, 1.82) is 0 Å². The van der Waals surface area contributed by atoms with Crippen molar-refractivity contribution in [2.75, 3.05) is 19.6 Å². The molecule has 100 valence electrons. The van der Waals surface area contributed by atoms with Gasteiger partial charge in [0, 0.05) is 31.2 Å². The Hall–Kier alpha value is -0.870. The van der Waals surface area contributed by atoms with Gasteiger partial charge in [-0.2, -0.15) is 0 Å². The van der Waals surface area contributed by atoms with E-state index in [0.29, 0.717) is 18.0 Å². The van der Waals surface area contributed by atoms with Crippen LogP contribution in [0.5, 0.6) is 0 Å². The Morgan fingerprint density at radius 2 is 2.17 bits per heavy atom. The SMILES string of the molecule is CC1CN2CCCC2CN1C(=O)C1C=CC(N)C1. The molecule has 2 heterocycles. The van der Waals surface area contributed by atoms with Crippen LogP contribution in [0.4, 0.5) is 0 Å². The average Bonchev–Trinajstić information content (AvgIpc) is 2.95. The van der Waals surface area contributed by atoms with E-state index >= 15 is 0 Å². The van der Waals surface area contributed by atoms with Crippen LogP contribution in [0.3, 0.4) is 0 Å². The van der Waals surface area contributed by atoms with Gasteiger partial charge in [-0.3, -0.25) is 9.69 Å². The second kappa shape index (κ2) is 4.67. The Balaban J connectivity index is 1.68. The molecular weight excluding hydrogens is 226 g/mol. The first kappa shape index (κ1) is 12.2. The first-order valence-corrected chi connectivity index (χ1v) is 7.13. The van der Waals surface area contributed by atoms with Crippen LogP contribution in [0.1, 0.15) is 26.2 Å². The van der Waals surface area contributed by atoms with Crippen LogP contribution in [0.25, 0.3) is 0 Å². The number of hydrogen-bond acceptors (Lipinski definition) is 3. The predicted octanol–water partition coefficient (Wildman–Crippen LogP) is 0.585. The van der Waals surface area contributed by atoms with Gasteiger partial charge >= 0.3 is 0 Å². The Morgan fingerprint density at radius 1 is 1.33 bits per heavy atom. The summed E-state index contributed by atoms with van der Waals surface area (Å²) in [6.45, 7) is 5.34. The summed E-state index contributed by atoms with van der Waals surface area (Å²) in [5.41, 5.74) is 5.85. The number of piperazine rings is 1. The lowest BCUT2D eigenvalue weighted by molar-refractivity contribution is -0.139. The van der Waals surface area contributed by atoms with Crippen LogP contribution in [0, 0.1) is 5.92 Å². The summed E-state index contributed by atoms with van der Waals surface area (Å²) in [7, 11) is 0. The van der Waals surface area contributed by atoms with Crippen LogP contribution in [0.2, 0.25) is 0 Å². The molecule has 18 heavy (non-hydrogen) atoms. The number of fused-ring (bicyclic) bond motifs is 1. The van der Waals surface area contributed by atoms with E-state index < -0.39 is 0 Å². The smallest absolute Gasteiger partial charge is 0.229 e. The molecular formula is C14H23N3O. The fraction of sp³-hybridized carbons (Fsp3) is 0.786. The van der Waals surface area contributed by atoms with Crippen molar-refractivity contribution in [1.82, 2.24) is 9.80 Å². The third-order valence-electron chi connectivity index (χ3n) is 4.65. The maximum absolute atomic E-state index is 12.5. The normalized spacial score (nSPS) is 40.2. The highest BCUT2D eigenvalue weighted by molar-refractivity contribution is 5.81. The fourth-order valence-electron chi connectivity index (χ4n) is 3.62. The second-order valence-electron chi connectivity index (χ2n) is 6.02. The molecule has 0 aromatic heterocycles. The number of rotatable bonds is 1. The lowest BCUT2D eigenvalue weighted by Crippen LogP contribution is -2.57. The molecule has 0 aromatic rings. The van der Waals surface area contributed by atoms with Gasteiger partial charge in [-0.15, -0.1) is 0 Å². The monoisotopic (exact) mass is 249 g/mol. The minimum Gasteiger partial charge on any atom is -0.337 e. The minimum absolute atomic E-state index is 0.0235. The number of carbonyl (C=O) groups excluding carboxylic acids is 1. The van der Waals surface area contributed by atoms with Crippen molar-refractivity contribution in [3.63, 3.8) is 0 Å². The van der Waals surface area contributed by atoms with Crippen molar-refractivity contribution >= 4 is 5.91 Å². The van der Waals surface area contributed by atoms with E-state index in [1.807, 2.05) is 12.2 Å². The highest BCUT2D eigenvalue weighted by atomic mass is 16.2. The van der Waals surface area contributed by atoms with E-state index in [1.54, 1.807) is 0 Å². The first-order chi connectivity index (χ1) is 8.65. The summed E-state index contributed by atoms with van der Waals surface area (Å²) < 4.78 is 0. The van der Waals surface area contributed by atoms with Crippen LogP contribution in [0.15, 0.2) is 12.2 Å². The van der Waals surface area contributed by atoms with Crippen molar-refractivity contribution in [3.05, 3.63) is 12.2 Å². The van der Waals surface area contributed by atoms with Gasteiger partial charge < -0.3 is 10.6 Å². The van der Waals surface area contributed by atoms with Gasteiger partial charge in [0.15, 0.2) is 0 Å². The van der Waals surface area contributed by atoms with Gasteiger partial charge in [0.2, 0.25) is 5.91 Å². The summed E-state index contributed by atoms with van der Waals surface area (Å²) in [5.74, 6) is 0.314.